The van der Waals surface area contributed by atoms with Gasteiger partial charge < -0.3 is 10.1 Å². The molecule has 3 nitrogen and oxygen atoms in total. The summed E-state index contributed by atoms with van der Waals surface area (Å²) in [6.07, 6.45) is 1.23. The Kier molecular flexibility index (Phi) is 9.35. The van der Waals surface area contributed by atoms with Crippen molar-refractivity contribution in [3.63, 3.8) is 0 Å². The summed E-state index contributed by atoms with van der Waals surface area (Å²) < 4.78 is 4.97. The van der Waals surface area contributed by atoms with Gasteiger partial charge in [0.05, 0.1) is 6.61 Å². The second-order valence-electron chi connectivity index (χ2n) is 3.87. The minimum atomic E-state index is 0.652. The Labute approximate surface area is 88.8 Å². The summed E-state index contributed by atoms with van der Waals surface area (Å²) in [5, 5.41) is 3.36. The van der Waals surface area contributed by atoms with E-state index in [1.165, 1.54) is 13.0 Å². The number of nitrogens with one attached hydrogen (secondary N) is 1. The number of hydrogen-bond acceptors (Lipinski definition) is 3. The lowest BCUT2D eigenvalue weighted by atomic mass is 10.3. The molecule has 14 heavy (non-hydrogen) atoms. The molecule has 0 saturated carbocycles. The highest BCUT2D eigenvalue weighted by Crippen LogP contribution is 1.97. The van der Waals surface area contributed by atoms with Gasteiger partial charge in [0, 0.05) is 32.8 Å². The lowest BCUT2D eigenvalue weighted by molar-refractivity contribution is 0.191. The molecule has 0 heterocycles. The molecule has 3 heteroatoms. The van der Waals surface area contributed by atoms with E-state index < -0.39 is 0 Å². The van der Waals surface area contributed by atoms with Crippen LogP contribution in [0.5, 0.6) is 0 Å². The quantitative estimate of drug-likeness (QED) is 0.571. The van der Waals surface area contributed by atoms with Crippen LogP contribution in [0.25, 0.3) is 0 Å². The minimum Gasteiger partial charge on any atom is -0.383 e. The molecule has 0 aliphatic rings. The molecular formula is C11H26N2O. The zero-order valence-electron chi connectivity index (χ0n) is 10.2. The van der Waals surface area contributed by atoms with Crippen LogP contribution in [0.3, 0.4) is 0 Å². The van der Waals surface area contributed by atoms with Crippen molar-refractivity contribution in [2.75, 3.05) is 39.9 Å². The van der Waals surface area contributed by atoms with E-state index in [0.29, 0.717) is 6.04 Å². The Morgan fingerprint density at radius 2 is 1.93 bits per heavy atom. The van der Waals surface area contributed by atoms with E-state index in [0.717, 1.165) is 26.2 Å². The van der Waals surface area contributed by atoms with Gasteiger partial charge in [0.25, 0.3) is 0 Å². The fourth-order valence-corrected chi connectivity index (χ4v) is 1.44. The van der Waals surface area contributed by atoms with Crippen LogP contribution in [0.1, 0.15) is 27.2 Å². The van der Waals surface area contributed by atoms with Gasteiger partial charge in [0.15, 0.2) is 0 Å². The molecule has 0 rings (SSSR count). The van der Waals surface area contributed by atoms with Crippen molar-refractivity contribution in [1.82, 2.24) is 10.2 Å². The van der Waals surface area contributed by atoms with Gasteiger partial charge in [-0.2, -0.15) is 0 Å². The third kappa shape index (κ3) is 7.30. The van der Waals surface area contributed by atoms with Gasteiger partial charge in [-0.25, -0.2) is 0 Å². The maximum absolute atomic E-state index is 4.97. The molecule has 1 N–H and O–H groups in total. The molecule has 0 atom stereocenters. The Morgan fingerprint density at radius 1 is 1.21 bits per heavy atom. The zero-order chi connectivity index (χ0) is 10.8. The Morgan fingerprint density at radius 3 is 2.43 bits per heavy atom. The number of ether oxygens (including phenoxy) is 1. The molecule has 0 aliphatic carbocycles. The van der Waals surface area contributed by atoms with Gasteiger partial charge in [-0.15, -0.1) is 0 Å². The van der Waals surface area contributed by atoms with Crippen molar-refractivity contribution in [2.24, 2.45) is 0 Å². The number of rotatable bonds is 9. The molecule has 0 saturated heterocycles. The molecule has 0 aromatic heterocycles. The lowest BCUT2D eigenvalue weighted by Gasteiger charge is -2.25. The number of nitrogens with zero attached hydrogens (tertiary/aromatic N) is 1. The molecule has 0 radical (unpaired) electrons. The van der Waals surface area contributed by atoms with Crippen LogP contribution in [0.15, 0.2) is 0 Å². The highest BCUT2D eigenvalue weighted by Gasteiger charge is 2.06. The second kappa shape index (κ2) is 9.44. The standard InChI is InChI=1S/C11H26N2O/c1-5-8-13(11(2)3)9-6-12-7-10-14-4/h11-12H,5-10H2,1-4H3. The van der Waals surface area contributed by atoms with Crippen molar-refractivity contribution in [1.29, 1.82) is 0 Å². The zero-order valence-corrected chi connectivity index (χ0v) is 10.2. The van der Waals surface area contributed by atoms with Crippen LogP contribution < -0.4 is 5.32 Å². The molecule has 0 spiro atoms. The smallest absolute Gasteiger partial charge is 0.0587 e. The third-order valence-electron chi connectivity index (χ3n) is 2.30. The third-order valence-corrected chi connectivity index (χ3v) is 2.30. The minimum absolute atomic E-state index is 0.652. The van der Waals surface area contributed by atoms with Gasteiger partial charge in [-0.1, -0.05) is 6.92 Å². The molecule has 0 aromatic rings. The normalized spacial score (nSPS) is 11.6. The van der Waals surface area contributed by atoms with Gasteiger partial charge in [0.2, 0.25) is 0 Å². The van der Waals surface area contributed by atoms with Crippen molar-refractivity contribution in [3.05, 3.63) is 0 Å². The average Bonchev–Trinajstić information content (AvgIpc) is 2.15. The highest BCUT2D eigenvalue weighted by molar-refractivity contribution is 4.63. The molecule has 0 aromatic carbocycles. The summed E-state index contributed by atoms with van der Waals surface area (Å²) >= 11 is 0. The molecule has 0 amide bonds. The molecule has 0 fully saturated rings. The summed E-state index contributed by atoms with van der Waals surface area (Å²) in [5.74, 6) is 0. The molecular weight excluding hydrogens is 176 g/mol. The SMILES string of the molecule is CCCN(CCNCCOC)C(C)C. The fraction of sp³-hybridized carbons (Fsp3) is 1.00. The van der Waals surface area contributed by atoms with Crippen LogP contribution >= 0.6 is 0 Å². The van der Waals surface area contributed by atoms with E-state index in [1.807, 2.05) is 0 Å². The Bertz CT molecular complexity index is 118. The van der Waals surface area contributed by atoms with E-state index in [2.05, 4.69) is 31.0 Å². The predicted octanol–water partition coefficient (Wildman–Crippen LogP) is 1.34. The predicted molar refractivity (Wildman–Crippen MR) is 61.7 cm³/mol. The molecule has 86 valence electrons. The number of hydrogen-bond donors (Lipinski definition) is 1. The first kappa shape index (κ1) is 13.9. The van der Waals surface area contributed by atoms with E-state index >= 15 is 0 Å². The second-order valence-corrected chi connectivity index (χ2v) is 3.87. The van der Waals surface area contributed by atoms with Crippen molar-refractivity contribution < 1.29 is 4.74 Å². The Balaban J connectivity index is 3.41. The summed E-state index contributed by atoms with van der Waals surface area (Å²) in [6, 6.07) is 0.652. The van der Waals surface area contributed by atoms with Crippen molar-refractivity contribution >= 4 is 0 Å². The Hall–Kier alpha value is -0.120. The van der Waals surface area contributed by atoms with Gasteiger partial charge >= 0.3 is 0 Å². The van der Waals surface area contributed by atoms with Crippen LogP contribution in [0.4, 0.5) is 0 Å². The summed E-state index contributed by atoms with van der Waals surface area (Å²) in [6.45, 7) is 11.9. The van der Waals surface area contributed by atoms with E-state index in [4.69, 9.17) is 4.74 Å². The van der Waals surface area contributed by atoms with Gasteiger partial charge in [-0.3, -0.25) is 4.90 Å². The van der Waals surface area contributed by atoms with Crippen molar-refractivity contribution in [2.45, 2.75) is 33.2 Å². The van der Waals surface area contributed by atoms with E-state index in [1.54, 1.807) is 7.11 Å². The average molecular weight is 202 g/mol. The first-order valence-electron chi connectivity index (χ1n) is 5.66. The fourth-order valence-electron chi connectivity index (χ4n) is 1.44. The van der Waals surface area contributed by atoms with Gasteiger partial charge in [0.1, 0.15) is 0 Å². The summed E-state index contributed by atoms with van der Waals surface area (Å²) in [7, 11) is 1.74. The van der Waals surface area contributed by atoms with Gasteiger partial charge in [-0.05, 0) is 26.8 Å². The van der Waals surface area contributed by atoms with Crippen LogP contribution in [0.2, 0.25) is 0 Å². The summed E-state index contributed by atoms with van der Waals surface area (Å²) in [5.41, 5.74) is 0. The van der Waals surface area contributed by atoms with Crippen LogP contribution in [-0.2, 0) is 4.74 Å². The lowest BCUT2D eigenvalue weighted by Crippen LogP contribution is -2.38. The van der Waals surface area contributed by atoms with E-state index in [9.17, 15) is 0 Å². The summed E-state index contributed by atoms with van der Waals surface area (Å²) in [4.78, 5) is 2.50. The topological polar surface area (TPSA) is 24.5 Å². The van der Waals surface area contributed by atoms with Crippen LogP contribution in [-0.4, -0.2) is 50.8 Å². The highest BCUT2D eigenvalue weighted by atomic mass is 16.5. The molecule has 0 bridgehead atoms. The molecule has 0 unspecified atom stereocenters. The van der Waals surface area contributed by atoms with Crippen molar-refractivity contribution in [3.8, 4) is 0 Å². The first-order valence-corrected chi connectivity index (χ1v) is 5.66. The maximum Gasteiger partial charge on any atom is 0.0587 e. The van der Waals surface area contributed by atoms with E-state index in [-0.39, 0.29) is 0 Å². The van der Waals surface area contributed by atoms with Crippen LogP contribution in [0, 0.1) is 0 Å². The monoisotopic (exact) mass is 202 g/mol. The largest absolute Gasteiger partial charge is 0.383 e. The molecule has 0 aliphatic heterocycles. The first-order chi connectivity index (χ1) is 6.72. The maximum atomic E-state index is 4.97. The number of methoxy groups -OCH3 is 1.